The molecule has 0 aliphatic carbocycles. The number of carbonyl (C=O) groups is 1. The second-order valence-electron chi connectivity index (χ2n) is 4.23. The predicted molar refractivity (Wildman–Crippen MR) is 66.5 cm³/mol. The summed E-state index contributed by atoms with van der Waals surface area (Å²) in [4.78, 5) is 10.5. The van der Waals surface area contributed by atoms with E-state index in [-0.39, 0.29) is 24.0 Å². The Morgan fingerprint density at radius 3 is 2.53 bits per heavy atom. The Hall–Kier alpha value is -0.660. The Labute approximate surface area is 103 Å². The Balaban J connectivity index is 3.85. The number of rotatable bonds is 9. The smallest absolute Gasteiger partial charge is 0.320 e. The lowest BCUT2D eigenvalue weighted by Crippen LogP contribution is -2.32. The van der Waals surface area contributed by atoms with Gasteiger partial charge in [0.1, 0.15) is 6.04 Å². The number of hydrogen-bond acceptors (Lipinski definition) is 5. The van der Waals surface area contributed by atoms with Gasteiger partial charge in [0.2, 0.25) is 0 Å². The normalized spacial score (nSPS) is 16.7. The molecule has 17 heavy (non-hydrogen) atoms. The molecule has 0 saturated carbocycles. The van der Waals surface area contributed by atoms with Gasteiger partial charge in [-0.25, -0.2) is 4.21 Å². The van der Waals surface area contributed by atoms with Crippen LogP contribution in [0.25, 0.3) is 0 Å². The molecule has 0 fully saturated rings. The van der Waals surface area contributed by atoms with E-state index in [4.69, 9.17) is 20.4 Å². The fraction of sp³-hybridized carbons (Fsp3) is 0.900. The summed E-state index contributed by atoms with van der Waals surface area (Å²) in [6.45, 7) is 4.28. The number of nitrogens with two attached hydrogens (primary N) is 1. The molecule has 0 aliphatic rings. The second-order valence-corrected chi connectivity index (χ2v) is 6.67. The van der Waals surface area contributed by atoms with Gasteiger partial charge in [-0.2, -0.15) is 0 Å². The molecule has 0 spiro atoms. The van der Waals surface area contributed by atoms with Crippen LogP contribution in [0.5, 0.6) is 0 Å². The van der Waals surface area contributed by atoms with E-state index in [2.05, 4.69) is 0 Å². The minimum atomic E-state index is -2.73. The van der Waals surface area contributed by atoms with Crippen LogP contribution in [0.2, 0.25) is 0 Å². The van der Waals surface area contributed by atoms with Crippen molar-refractivity contribution in [2.75, 3.05) is 18.1 Å². The van der Waals surface area contributed by atoms with E-state index in [9.17, 15) is 9.00 Å². The molecule has 0 rings (SSSR count). The summed E-state index contributed by atoms with van der Waals surface area (Å²) in [6, 6.07) is -1.03. The summed E-state index contributed by atoms with van der Waals surface area (Å²) < 4.78 is 24.6. The zero-order valence-electron chi connectivity index (χ0n) is 10.3. The number of aliphatic carboxylic acids is 1. The van der Waals surface area contributed by atoms with Gasteiger partial charge in [0, 0.05) is 27.8 Å². The summed E-state index contributed by atoms with van der Waals surface area (Å²) in [7, 11) is -2.73. The minimum absolute atomic E-state index is 0.0299. The zero-order valence-corrected chi connectivity index (χ0v) is 11.2. The molecule has 2 atom stereocenters. The fourth-order valence-electron chi connectivity index (χ4n) is 1.15. The van der Waals surface area contributed by atoms with Gasteiger partial charge in [-0.3, -0.25) is 9.57 Å². The van der Waals surface area contributed by atoms with Gasteiger partial charge in [-0.05, 0) is 26.7 Å². The second kappa shape index (κ2) is 7.62. The van der Waals surface area contributed by atoms with Crippen molar-refractivity contribution in [1.82, 2.24) is 0 Å². The van der Waals surface area contributed by atoms with E-state index in [0.29, 0.717) is 13.0 Å². The molecule has 0 bridgehead atoms. The van der Waals surface area contributed by atoms with Gasteiger partial charge < -0.3 is 15.6 Å². The monoisotopic (exact) mass is 266 g/mol. The molecular weight excluding hydrogens is 244 g/mol. The third kappa shape index (κ3) is 9.08. The quantitative estimate of drug-likeness (QED) is 0.530. The minimum Gasteiger partial charge on any atom is -0.480 e. The van der Waals surface area contributed by atoms with Crippen LogP contribution in [0.4, 0.5) is 0 Å². The van der Waals surface area contributed by atoms with Crippen molar-refractivity contribution < 1.29 is 18.8 Å². The van der Waals surface area contributed by atoms with Crippen molar-refractivity contribution in [3.63, 3.8) is 0 Å². The van der Waals surface area contributed by atoms with Crippen LogP contribution in [-0.4, -0.2) is 45.5 Å². The molecule has 1 unspecified atom stereocenters. The van der Waals surface area contributed by atoms with Gasteiger partial charge in [-0.1, -0.05) is 0 Å². The molecule has 7 heteroatoms. The van der Waals surface area contributed by atoms with E-state index in [0.717, 1.165) is 0 Å². The average Bonchev–Trinajstić information content (AvgIpc) is 2.21. The number of carboxylic acid groups (broad SMARTS) is 1. The Morgan fingerprint density at radius 2 is 2.06 bits per heavy atom. The van der Waals surface area contributed by atoms with Gasteiger partial charge in [-0.15, -0.1) is 0 Å². The van der Waals surface area contributed by atoms with Crippen molar-refractivity contribution in [1.29, 1.82) is 4.78 Å². The first-order chi connectivity index (χ1) is 7.74. The van der Waals surface area contributed by atoms with Gasteiger partial charge in [0.15, 0.2) is 0 Å². The lowest BCUT2D eigenvalue weighted by Gasteiger charge is -2.11. The van der Waals surface area contributed by atoms with Gasteiger partial charge in [0.25, 0.3) is 0 Å². The summed E-state index contributed by atoms with van der Waals surface area (Å²) in [5, 5.41) is 8.56. The summed E-state index contributed by atoms with van der Waals surface area (Å²) in [5.41, 5.74) is 5.29. The fourth-order valence-corrected chi connectivity index (χ4v) is 2.58. The molecule has 0 aromatic rings. The lowest BCUT2D eigenvalue weighted by atomic mass is 10.2. The highest BCUT2D eigenvalue weighted by atomic mass is 32.2. The van der Waals surface area contributed by atoms with Crippen molar-refractivity contribution in [3.05, 3.63) is 0 Å². The first-order valence-corrected chi connectivity index (χ1v) is 7.48. The molecule has 0 amide bonds. The van der Waals surface area contributed by atoms with Crippen LogP contribution < -0.4 is 5.73 Å². The molecule has 0 saturated heterocycles. The van der Waals surface area contributed by atoms with Gasteiger partial charge in [0.05, 0.1) is 6.10 Å². The van der Waals surface area contributed by atoms with Crippen LogP contribution >= 0.6 is 0 Å². The van der Waals surface area contributed by atoms with Crippen molar-refractivity contribution >= 4 is 15.7 Å². The van der Waals surface area contributed by atoms with Crippen LogP contribution in [0.15, 0.2) is 0 Å². The molecule has 0 radical (unpaired) electrons. The topological polar surface area (TPSA) is 113 Å². The maximum absolute atomic E-state index is 11.7. The molecule has 0 aromatic heterocycles. The van der Waals surface area contributed by atoms with E-state index < -0.39 is 21.7 Å². The van der Waals surface area contributed by atoms with E-state index in [1.165, 1.54) is 0 Å². The number of hydrogen-bond donors (Lipinski definition) is 3. The molecule has 4 N–H and O–H groups in total. The molecule has 0 aromatic carbocycles. The summed E-state index contributed by atoms with van der Waals surface area (Å²) in [6.07, 6.45) is 0.739. The molecule has 6 nitrogen and oxygen atoms in total. The molecule has 0 heterocycles. The maximum atomic E-state index is 11.7. The molecule has 0 aliphatic heterocycles. The van der Waals surface area contributed by atoms with E-state index >= 15 is 0 Å². The Bertz CT molecular complexity index is 327. The first kappa shape index (κ1) is 16.3. The standard InChI is InChI=1S/C10H22N2O4S/c1-8(2)16-5-3-6-17(12,15)7-4-9(11)10(13)14/h8-9,12H,3-7,11H2,1-2H3,(H,13,14)/t9-,17?/m0/s1. The maximum Gasteiger partial charge on any atom is 0.320 e. The van der Waals surface area contributed by atoms with Gasteiger partial charge >= 0.3 is 5.97 Å². The van der Waals surface area contributed by atoms with Crippen LogP contribution in [0.3, 0.4) is 0 Å². The highest BCUT2D eigenvalue weighted by Gasteiger charge is 2.15. The van der Waals surface area contributed by atoms with Crippen molar-refractivity contribution in [2.45, 2.75) is 38.8 Å². The average molecular weight is 266 g/mol. The third-order valence-corrected chi connectivity index (χ3v) is 3.99. The van der Waals surface area contributed by atoms with E-state index in [1.54, 1.807) is 0 Å². The summed E-state index contributed by atoms with van der Waals surface area (Å²) >= 11 is 0. The summed E-state index contributed by atoms with van der Waals surface area (Å²) in [5.74, 6) is -0.864. The Kier molecular flexibility index (Phi) is 7.33. The largest absolute Gasteiger partial charge is 0.480 e. The number of ether oxygens (including phenoxy) is 1. The first-order valence-electron chi connectivity index (χ1n) is 5.59. The molecule has 102 valence electrons. The van der Waals surface area contributed by atoms with Crippen LogP contribution in [0, 0.1) is 4.78 Å². The van der Waals surface area contributed by atoms with Crippen LogP contribution in [0.1, 0.15) is 26.7 Å². The SMILES string of the molecule is CC(C)OCCCS(=N)(=O)CC[C@H](N)C(=O)O. The third-order valence-electron chi connectivity index (χ3n) is 2.15. The molecular formula is C10H22N2O4S. The van der Waals surface area contributed by atoms with Crippen LogP contribution in [-0.2, 0) is 19.3 Å². The number of nitrogens with one attached hydrogen (secondary N) is 1. The number of carboxylic acids is 1. The van der Waals surface area contributed by atoms with Crippen molar-refractivity contribution in [3.8, 4) is 0 Å². The highest BCUT2D eigenvalue weighted by Crippen LogP contribution is 2.02. The Morgan fingerprint density at radius 1 is 1.47 bits per heavy atom. The van der Waals surface area contributed by atoms with E-state index in [1.807, 2.05) is 13.8 Å². The highest BCUT2D eigenvalue weighted by molar-refractivity contribution is 7.92. The van der Waals surface area contributed by atoms with Crippen molar-refractivity contribution in [2.24, 2.45) is 5.73 Å². The lowest BCUT2D eigenvalue weighted by molar-refractivity contribution is -0.138. The predicted octanol–water partition coefficient (Wildman–Crippen LogP) is 0.650. The zero-order chi connectivity index (χ0) is 13.5.